The van der Waals surface area contributed by atoms with Gasteiger partial charge in [0.15, 0.2) is 0 Å². The lowest BCUT2D eigenvalue weighted by Gasteiger charge is -2.14. The first kappa shape index (κ1) is 11.0. The largest absolute Gasteiger partial charge is 0.393 e. The van der Waals surface area contributed by atoms with Crippen LogP contribution in [0.4, 0.5) is 0 Å². The second-order valence-electron chi connectivity index (χ2n) is 3.34. The second kappa shape index (κ2) is 5.58. The van der Waals surface area contributed by atoms with Gasteiger partial charge in [-0.1, -0.05) is 36.4 Å². The maximum atomic E-state index is 9.72. The van der Waals surface area contributed by atoms with E-state index in [1.807, 2.05) is 30.3 Å². The van der Waals surface area contributed by atoms with Gasteiger partial charge in [0.05, 0.1) is 12.2 Å². The lowest BCUT2D eigenvalue weighted by atomic mass is 10.0. The van der Waals surface area contributed by atoms with Crippen LogP contribution in [0.5, 0.6) is 0 Å². The molecule has 0 aromatic heterocycles. The highest BCUT2D eigenvalue weighted by Gasteiger charge is 2.11. The standard InChI is InChI=1S/C12H16O2/c1-2-6-11(13)9-12(14)10-7-4-3-5-8-10/h2-5,7-8,11-14H,1,6,9H2/t11-,12-/m0/s1. The van der Waals surface area contributed by atoms with Gasteiger partial charge in [0.2, 0.25) is 0 Å². The summed E-state index contributed by atoms with van der Waals surface area (Å²) in [4.78, 5) is 0. The van der Waals surface area contributed by atoms with Gasteiger partial charge in [0, 0.05) is 6.42 Å². The summed E-state index contributed by atoms with van der Waals surface area (Å²) in [5, 5.41) is 19.2. The Morgan fingerprint density at radius 1 is 1.21 bits per heavy atom. The minimum absolute atomic E-state index is 0.357. The number of benzene rings is 1. The summed E-state index contributed by atoms with van der Waals surface area (Å²) in [6, 6.07) is 9.35. The average Bonchev–Trinajstić information content (AvgIpc) is 2.19. The van der Waals surface area contributed by atoms with Gasteiger partial charge in [-0.15, -0.1) is 6.58 Å². The number of hydrogen-bond acceptors (Lipinski definition) is 2. The minimum Gasteiger partial charge on any atom is -0.393 e. The lowest BCUT2D eigenvalue weighted by molar-refractivity contribution is 0.0822. The maximum Gasteiger partial charge on any atom is 0.0814 e. The molecule has 0 aliphatic heterocycles. The zero-order valence-electron chi connectivity index (χ0n) is 8.13. The van der Waals surface area contributed by atoms with Crippen molar-refractivity contribution in [1.82, 2.24) is 0 Å². The molecule has 0 aliphatic carbocycles. The van der Waals surface area contributed by atoms with E-state index in [4.69, 9.17) is 0 Å². The first-order valence-corrected chi connectivity index (χ1v) is 4.76. The molecule has 0 spiro atoms. The van der Waals surface area contributed by atoms with Crippen LogP contribution in [-0.2, 0) is 0 Å². The molecule has 1 rings (SSSR count). The SMILES string of the molecule is C=CC[C@H](O)C[C@H](O)c1ccccc1. The third-order valence-corrected chi connectivity index (χ3v) is 2.12. The third-order valence-electron chi connectivity index (χ3n) is 2.12. The Labute approximate surface area is 84.5 Å². The van der Waals surface area contributed by atoms with E-state index in [1.165, 1.54) is 0 Å². The fourth-order valence-corrected chi connectivity index (χ4v) is 1.36. The molecule has 1 aromatic rings. The average molecular weight is 192 g/mol. The van der Waals surface area contributed by atoms with Crippen molar-refractivity contribution in [2.24, 2.45) is 0 Å². The second-order valence-corrected chi connectivity index (χ2v) is 3.34. The molecule has 0 unspecified atom stereocenters. The van der Waals surface area contributed by atoms with E-state index in [0.717, 1.165) is 5.56 Å². The van der Waals surface area contributed by atoms with Gasteiger partial charge in [-0.05, 0) is 12.0 Å². The predicted octanol–water partition coefficient (Wildman–Crippen LogP) is 2.05. The maximum absolute atomic E-state index is 9.72. The molecule has 2 atom stereocenters. The van der Waals surface area contributed by atoms with Crippen molar-refractivity contribution < 1.29 is 10.2 Å². The van der Waals surface area contributed by atoms with E-state index in [9.17, 15) is 10.2 Å². The van der Waals surface area contributed by atoms with Gasteiger partial charge in [0.25, 0.3) is 0 Å². The van der Waals surface area contributed by atoms with Crippen LogP contribution in [-0.4, -0.2) is 16.3 Å². The van der Waals surface area contributed by atoms with Crippen LogP contribution in [0, 0.1) is 0 Å². The summed E-state index contributed by atoms with van der Waals surface area (Å²) in [6.07, 6.45) is 1.43. The fourth-order valence-electron chi connectivity index (χ4n) is 1.36. The number of aliphatic hydroxyl groups excluding tert-OH is 2. The summed E-state index contributed by atoms with van der Waals surface area (Å²) in [7, 11) is 0. The highest BCUT2D eigenvalue weighted by Crippen LogP contribution is 2.18. The Hall–Kier alpha value is -1.12. The van der Waals surface area contributed by atoms with Crippen LogP contribution < -0.4 is 0 Å². The quantitative estimate of drug-likeness (QED) is 0.701. The van der Waals surface area contributed by atoms with Crippen LogP contribution in [0.2, 0.25) is 0 Å². The molecule has 0 heterocycles. The van der Waals surface area contributed by atoms with E-state index in [2.05, 4.69) is 6.58 Å². The monoisotopic (exact) mass is 192 g/mol. The highest BCUT2D eigenvalue weighted by molar-refractivity contribution is 5.17. The first-order valence-electron chi connectivity index (χ1n) is 4.76. The molecule has 14 heavy (non-hydrogen) atoms. The number of aliphatic hydroxyl groups is 2. The molecule has 2 nitrogen and oxygen atoms in total. The normalized spacial score (nSPS) is 14.7. The van der Waals surface area contributed by atoms with Crippen LogP contribution in [0.1, 0.15) is 24.5 Å². The van der Waals surface area contributed by atoms with E-state index >= 15 is 0 Å². The number of rotatable bonds is 5. The molecule has 0 radical (unpaired) electrons. The van der Waals surface area contributed by atoms with E-state index < -0.39 is 12.2 Å². The molecular formula is C12H16O2. The van der Waals surface area contributed by atoms with Crippen LogP contribution in [0.15, 0.2) is 43.0 Å². The molecule has 0 saturated heterocycles. The van der Waals surface area contributed by atoms with Crippen LogP contribution in [0.3, 0.4) is 0 Å². The van der Waals surface area contributed by atoms with Crippen LogP contribution >= 0.6 is 0 Å². The van der Waals surface area contributed by atoms with Gasteiger partial charge < -0.3 is 10.2 Å². The number of hydrogen-bond donors (Lipinski definition) is 2. The van der Waals surface area contributed by atoms with Crippen molar-refractivity contribution in [3.05, 3.63) is 48.6 Å². The summed E-state index contributed by atoms with van der Waals surface area (Å²) < 4.78 is 0. The van der Waals surface area contributed by atoms with Crippen molar-refractivity contribution in [2.75, 3.05) is 0 Å². The Balaban J connectivity index is 2.50. The molecule has 1 aromatic carbocycles. The van der Waals surface area contributed by atoms with E-state index in [-0.39, 0.29) is 0 Å². The summed E-state index contributed by atoms with van der Waals surface area (Å²) >= 11 is 0. The highest BCUT2D eigenvalue weighted by atomic mass is 16.3. The summed E-state index contributed by atoms with van der Waals surface area (Å²) in [5.74, 6) is 0. The smallest absolute Gasteiger partial charge is 0.0814 e. The Morgan fingerprint density at radius 2 is 1.86 bits per heavy atom. The van der Waals surface area contributed by atoms with Crippen molar-refractivity contribution in [3.63, 3.8) is 0 Å². The van der Waals surface area contributed by atoms with Gasteiger partial charge in [-0.25, -0.2) is 0 Å². The molecule has 0 saturated carbocycles. The minimum atomic E-state index is -0.592. The Morgan fingerprint density at radius 3 is 2.43 bits per heavy atom. The molecule has 0 amide bonds. The molecule has 0 fully saturated rings. The molecule has 0 bridgehead atoms. The molecular weight excluding hydrogens is 176 g/mol. The van der Waals surface area contributed by atoms with Crippen molar-refractivity contribution in [3.8, 4) is 0 Å². The first-order chi connectivity index (χ1) is 6.74. The van der Waals surface area contributed by atoms with Gasteiger partial charge >= 0.3 is 0 Å². The van der Waals surface area contributed by atoms with Gasteiger partial charge in [0.1, 0.15) is 0 Å². The molecule has 2 heteroatoms. The van der Waals surface area contributed by atoms with Gasteiger partial charge in [-0.2, -0.15) is 0 Å². The Bertz CT molecular complexity index is 269. The van der Waals surface area contributed by atoms with Crippen LogP contribution in [0.25, 0.3) is 0 Å². The Kier molecular flexibility index (Phi) is 4.36. The lowest BCUT2D eigenvalue weighted by Crippen LogP contribution is -2.11. The molecule has 0 aliphatic rings. The zero-order valence-corrected chi connectivity index (χ0v) is 8.13. The molecule has 76 valence electrons. The summed E-state index contributed by atoms with van der Waals surface area (Å²) in [5.41, 5.74) is 0.843. The van der Waals surface area contributed by atoms with Crippen molar-refractivity contribution in [2.45, 2.75) is 25.0 Å². The predicted molar refractivity (Wildman–Crippen MR) is 56.8 cm³/mol. The molecule has 2 N–H and O–H groups in total. The van der Waals surface area contributed by atoms with E-state index in [0.29, 0.717) is 12.8 Å². The van der Waals surface area contributed by atoms with Gasteiger partial charge in [-0.3, -0.25) is 0 Å². The third kappa shape index (κ3) is 3.32. The van der Waals surface area contributed by atoms with E-state index in [1.54, 1.807) is 6.08 Å². The van der Waals surface area contributed by atoms with Crippen molar-refractivity contribution >= 4 is 0 Å². The zero-order chi connectivity index (χ0) is 10.4. The van der Waals surface area contributed by atoms with Crippen molar-refractivity contribution in [1.29, 1.82) is 0 Å². The summed E-state index contributed by atoms with van der Waals surface area (Å²) in [6.45, 7) is 3.54. The fraction of sp³-hybridized carbons (Fsp3) is 0.333. The topological polar surface area (TPSA) is 40.5 Å².